The van der Waals surface area contributed by atoms with E-state index in [4.69, 9.17) is 0 Å². The third-order valence-electron chi connectivity index (χ3n) is 3.17. The van der Waals surface area contributed by atoms with E-state index in [0.717, 1.165) is 19.2 Å². The molecule has 3 nitrogen and oxygen atoms in total. The van der Waals surface area contributed by atoms with Crippen molar-refractivity contribution in [3.05, 3.63) is 53.9 Å². The predicted molar refractivity (Wildman–Crippen MR) is 62.9 cm³/mol. The molecule has 0 amide bonds. The lowest BCUT2D eigenvalue weighted by atomic mass is 10.1. The van der Waals surface area contributed by atoms with Crippen LogP contribution in [0.1, 0.15) is 11.6 Å². The van der Waals surface area contributed by atoms with Gasteiger partial charge in [-0.2, -0.15) is 5.10 Å². The van der Waals surface area contributed by atoms with Crippen LogP contribution in [0.4, 0.5) is 8.78 Å². The molecule has 0 saturated carbocycles. The van der Waals surface area contributed by atoms with E-state index in [-0.39, 0.29) is 0 Å². The van der Waals surface area contributed by atoms with E-state index in [1.165, 1.54) is 12.1 Å². The van der Waals surface area contributed by atoms with Gasteiger partial charge in [0, 0.05) is 38.1 Å². The Balaban J connectivity index is 1.59. The van der Waals surface area contributed by atoms with E-state index in [1.807, 2.05) is 16.9 Å². The molecule has 2 heterocycles. The van der Waals surface area contributed by atoms with Gasteiger partial charge in [-0.05, 0) is 23.8 Å². The van der Waals surface area contributed by atoms with Gasteiger partial charge in [-0.3, -0.25) is 9.58 Å². The molecule has 1 aromatic heterocycles. The van der Waals surface area contributed by atoms with Crippen molar-refractivity contribution < 1.29 is 8.78 Å². The van der Waals surface area contributed by atoms with Crippen molar-refractivity contribution in [2.24, 2.45) is 0 Å². The third kappa shape index (κ3) is 2.26. The molecule has 1 fully saturated rings. The van der Waals surface area contributed by atoms with Gasteiger partial charge < -0.3 is 0 Å². The lowest BCUT2D eigenvalue weighted by Crippen LogP contribution is -2.47. The van der Waals surface area contributed by atoms with E-state index >= 15 is 0 Å². The van der Waals surface area contributed by atoms with Gasteiger partial charge in [0.15, 0.2) is 0 Å². The maximum absolute atomic E-state index is 13.0. The van der Waals surface area contributed by atoms with Gasteiger partial charge >= 0.3 is 0 Å². The van der Waals surface area contributed by atoms with Crippen LogP contribution in [0.2, 0.25) is 0 Å². The number of halogens is 2. The van der Waals surface area contributed by atoms with Gasteiger partial charge in [-0.25, -0.2) is 8.78 Å². The highest BCUT2D eigenvalue weighted by Crippen LogP contribution is 2.22. The lowest BCUT2D eigenvalue weighted by molar-refractivity contribution is 0.0907. The van der Waals surface area contributed by atoms with Crippen molar-refractivity contribution in [1.29, 1.82) is 0 Å². The molecule has 94 valence electrons. The number of nitrogens with zero attached hydrogens (tertiary/aromatic N) is 3. The standard InChI is InChI=1S/C13H13F2N3/c14-11-4-10(5-12(15)6-11)7-17-8-13(9-17)18-3-1-2-16-18/h1-6,13H,7-9H2. The molecule has 0 bridgehead atoms. The summed E-state index contributed by atoms with van der Waals surface area (Å²) in [5.41, 5.74) is 0.673. The van der Waals surface area contributed by atoms with Crippen molar-refractivity contribution >= 4 is 0 Å². The molecule has 1 aliphatic heterocycles. The van der Waals surface area contributed by atoms with Gasteiger partial charge in [-0.1, -0.05) is 0 Å². The fourth-order valence-corrected chi connectivity index (χ4v) is 2.30. The highest BCUT2D eigenvalue weighted by molar-refractivity contribution is 5.18. The fraction of sp³-hybridized carbons (Fsp3) is 0.308. The minimum atomic E-state index is -0.519. The van der Waals surface area contributed by atoms with Gasteiger partial charge in [-0.15, -0.1) is 0 Å². The highest BCUT2D eigenvalue weighted by atomic mass is 19.1. The van der Waals surface area contributed by atoms with E-state index in [0.29, 0.717) is 18.2 Å². The summed E-state index contributed by atoms with van der Waals surface area (Å²) in [5, 5.41) is 4.18. The molecule has 5 heteroatoms. The Morgan fingerprint density at radius 3 is 2.50 bits per heavy atom. The monoisotopic (exact) mass is 249 g/mol. The second-order valence-corrected chi connectivity index (χ2v) is 4.61. The van der Waals surface area contributed by atoms with Crippen LogP contribution in [-0.4, -0.2) is 27.8 Å². The Bertz CT molecular complexity index is 513. The Hall–Kier alpha value is -1.75. The molecule has 0 aliphatic carbocycles. The molecular weight excluding hydrogens is 236 g/mol. The van der Waals surface area contributed by atoms with Crippen molar-refractivity contribution in [1.82, 2.24) is 14.7 Å². The molecule has 1 aliphatic rings. The van der Waals surface area contributed by atoms with E-state index in [2.05, 4.69) is 10.00 Å². The topological polar surface area (TPSA) is 21.1 Å². The molecule has 2 aromatic rings. The minimum Gasteiger partial charge on any atom is -0.295 e. The molecule has 0 spiro atoms. The Morgan fingerprint density at radius 2 is 1.89 bits per heavy atom. The summed E-state index contributed by atoms with van der Waals surface area (Å²) in [6, 6.07) is 5.92. The number of hydrogen-bond acceptors (Lipinski definition) is 2. The van der Waals surface area contributed by atoms with Crippen LogP contribution in [-0.2, 0) is 6.54 Å². The number of likely N-dealkylation sites (tertiary alicyclic amines) is 1. The number of benzene rings is 1. The molecular formula is C13H13F2N3. The first kappa shape index (κ1) is 11.3. The zero-order valence-corrected chi connectivity index (χ0v) is 9.76. The summed E-state index contributed by atoms with van der Waals surface area (Å²) in [6.07, 6.45) is 3.69. The van der Waals surface area contributed by atoms with Crippen LogP contribution in [0.15, 0.2) is 36.7 Å². The average molecular weight is 249 g/mol. The van der Waals surface area contributed by atoms with Crippen molar-refractivity contribution in [2.75, 3.05) is 13.1 Å². The van der Waals surface area contributed by atoms with Crippen LogP contribution < -0.4 is 0 Å². The van der Waals surface area contributed by atoms with Crippen LogP contribution in [0.5, 0.6) is 0 Å². The minimum absolute atomic E-state index is 0.374. The van der Waals surface area contributed by atoms with Crippen molar-refractivity contribution in [3.8, 4) is 0 Å². The SMILES string of the molecule is Fc1cc(F)cc(CN2CC(n3cccn3)C2)c1. The summed E-state index contributed by atoms with van der Waals surface area (Å²) < 4.78 is 28.0. The normalized spacial score (nSPS) is 16.8. The summed E-state index contributed by atoms with van der Waals surface area (Å²) in [5.74, 6) is -1.04. The quantitative estimate of drug-likeness (QED) is 0.831. The average Bonchev–Trinajstić information content (AvgIpc) is 2.74. The number of rotatable bonds is 3. The summed E-state index contributed by atoms with van der Waals surface area (Å²) in [4.78, 5) is 2.14. The van der Waals surface area contributed by atoms with Crippen LogP contribution in [0.25, 0.3) is 0 Å². The number of aromatic nitrogens is 2. The second kappa shape index (κ2) is 4.49. The molecule has 1 aromatic carbocycles. The van der Waals surface area contributed by atoms with Crippen molar-refractivity contribution in [3.63, 3.8) is 0 Å². The summed E-state index contributed by atoms with van der Waals surface area (Å²) >= 11 is 0. The third-order valence-corrected chi connectivity index (χ3v) is 3.17. The first-order chi connectivity index (χ1) is 8.70. The molecule has 3 rings (SSSR count). The maximum atomic E-state index is 13.0. The summed E-state index contributed by atoms with van der Waals surface area (Å²) in [7, 11) is 0. The Morgan fingerprint density at radius 1 is 1.17 bits per heavy atom. The highest BCUT2D eigenvalue weighted by Gasteiger charge is 2.28. The zero-order valence-electron chi connectivity index (χ0n) is 9.76. The largest absolute Gasteiger partial charge is 0.295 e. The maximum Gasteiger partial charge on any atom is 0.126 e. The van der Waals surface area contributed by atoms with E-state index < -0.39 is 11.6 Å². The fourth-order valence-electron chi connectivity index (χ4n) is 2.30. The van der Waals surface area contributed by atoms with Gasteiger partial charge in [0.05, 0.1) is 6.04 Å². The molecule has 0 radical (unpaired) electrons. The second-order valence-electron chi connectivity index (χ2n) is 4.61. The summed E-state index contributed by atoms with van der Waals surface area (Å²) in [6.45, 7) is 2.30. The van der Waals surface area contributed by atoms with E-state index in [1.54, 1.807) is 6.20 Å². The molecule has 0 N–H and O–H groups in total. The molecule has 1 saturated heterocycles. The van der Waals surface area contributed by atoms with Gasteiger partial charge in [0.2, 0.25) is 0 Å². The van der Waals surface area contributed by atoms with Gasteiger partial charge in [0.1, 0.15) is 11.6 Å². The first-order valence-corrected chi connectivity index (χ1v) is 5.87. The van der Waals surface area contributed by atoms with Gasteiger partial charge in [0.25, 0.3) is 0 Å². The molecule has 18 heavy (non-hydrogen) atoms. The molecule has 0 atom stereocenters. The zero-order chi connectivity index (χ0) is 12.5. The smallest absolute Gasteiger partial charge is 0.126 e. The van der Waals surface area contributed by atoms with Crippen LogP contribution >= 0.6 is 0 Å². The lowest BCUT2D eigenvalue weighted by Gasteiger charge is -2.39. The van der Waals surface area contributed by atoms with E-state index in [9.17, 15) is 8.78 Å². The number of hydrogen-bond donors (Lipinski definition) is 0. The van der Waals surface area contributed by atoms with Crippen molar-refractivity contribution in [2.45, 2.75) is 12.6 Å². The Labute approximate surface area is 104 Å². The molecule has 0 unspecified atom stereocenters. The Kier molecular flexibility index (Phi) is 2.83. The predicted octanol–water partition coefficient (Wildman–Crippen LogP) is 2.22. The first-order valence-electron chi connectivity index (χ1n) is 5.87. The van der Waals surface area contributed by atoms with Crippen LogP contribution in [0.3, 0.4) is 0 Å². The van der Waals surface area contributed by atoms with Crippen LogP contribution in [0, 0.1) is 11.6 Å².